The maximum Gasteiger partial charge on any atom is 0.311 e. The van der Waals surface area contributed by atoms with Gasteiger partial charge >= 0.3 is 5.97 Å². The molecule has 7 heteroatoms. The maximum absolute atomic E-state index is 13.9. The van der Waals surface area contributed by atoms with Gasteiger partial charge in [-0.25, -0.2) is 4.39 Å². The number of nitrogens with one attached hydrogen (secondary N) is 1. The molecule has 0 saturated heterocycles. The number of methoxy groups -OCH3 is 2. The molecular weight excluding hydrogens is 281 g/mol. The highest BCUT2D eigenvalue weighted by molar-refractivity contribution is 5.98. The summed E-state index contributed by atoms with van der Waals surface area (Å²) in [4.78, 5) is 23.2. The molecule has 0 bridgehead atoms. The zero-order valence-electron chi connectivity index (χ0n) is 11.7. The van der Waals surface area contributed by atoms with E-state index in [0.717, 1.165) is 6.07 Å². The van der Waals surface area contributed by atoms with Crippen molar-refractivity contribution < 1.29 is 28.6 Å². The minimum Gasteiger partial charge on any atom is -0.493 e. The van der Waals surface area contributed by atoms with Gasteiger partial charge in [0, 0.05) is 6.54 Å². The predicted octanol–water partition coefficient (Wildman–Crippen LogP) is 1.44. The predicted molar refractivity (Wildman–Crippen MR) is 71.1 cm³/mol. The number of carboxylic acid groups (broad SMARTS) is 1. The van der Waals surface area contributed by atoms with Gasteiger partial charge in [0.1, 0.15) is 11.4 Å². The molecule has 0 unspecified atom stereocenters. The average molecular weight is 297 g/mol. The van der Waals surface area contributed by atoms with Gasteiger partial charge in [0.2, 0.25) is 0 Å². The Kier molecular flexibility index (Phi) is 4.02. The molecule has 0 atom stereocenters. The first-order valence-corrected chi connectivity index (χ1v) is 6.37. The molecule has 114 valence electrons. The molecule has 1 aliphatic carbocycles. The van der Waals surface area contributed by atoms with Crippen molar-refractivity contribution in [3.8, 4) is 11.5 Å². The van der Waals surface area contributed by atoms with Crippen LogP contribution in [0.2, 0.25) is 0 Å². The van der Waals surface area contributed by atoms with E-state index in [1.165, 1.54) is 20.3 Å². The van der Waals surface area contributed by atoms with Gasteiger partial charge in [0.05, 0.1) is 19.6 Å². The number of halogens is 1. The molecule has 1 amide bonds. The zero-order chi connectivity index (χ0) is 15.6. The van der Waals surface area contributed by atoms with Crippen LogP contribution in [0.1, 0.15) is 23.2 Å². The maximum atomic E-state index is 13.9. The molecule has 0 heterocycles. The van der Waals surface area contributed by atoms with Crippen LogP contribution in [0, 0.1) is 11.2 Å². The van der Waals surface area contributed by atoms with Gasteiger partial charge in [0.15, 0.2) is 11.5 Å². The molecule has 1 fully saturated rings. The summed E-state index contributed by atoms with van der Waals surface area (Å²) in [5.41, 5.74) is -1.21. The number of amides is 1. The van der Waals surface area contributed by atoms with Crippen LogP contribution in [-0.4, -0.2) is 37.7 Å². The molecule has 1 aromatic carbocycles. The molecule has 2 rings (SSSR count). The zero-order valence-corrected chi connectivity index (χ0v) is 11.7. The lowest BCUT2D eigenvalue weighted by Crippen LogP contribution is -2.34. The van der Waals surface area contributed by atoms with Gasteiger partial charge in [-0.1, -0.05) is 0 Å². The topological polar surface area (TPSA) is 84.9 Å². The highest BCUT2D eigenvalue weighted by Crippen LogP contribution is 2.45. The first-order valence-electron chi connectivity index (χ1n) is 6.37. The number of hydrogen-bond acceptors (Lipinski definition) is 4. The van der Waals surface area contributed by atoms with Crippen LogP contribution in [0.25, 0.3) is 0 Å². The molecule has 2 N–H and O–H groups in total. The number of carbonyl (C=O) groups excluding carboxylic acids is 1. The van der Waals surface area contributed by atoms with Crippen molar-refractivity contribution in [3.63, 3.8) is 0 Å². The van der Waals surface area contributed by atoms with E-state index in [1.807, 2.05) is 0 Å². The molecule has 6 nitrogen and oxygen atoms in total. The highest BCUT2D eigenvalue weighted by Gasteiger charge is 2.50. The Morgan fingerprint density at radius 2 is 2.00 bits per heavy atom. The van der Waals surface area contributed by atoms with Gasteiger partial charge in [-0.15, -0.1) is 0 Å². The van der Waals surface area contributed by atoms with E-state index in [9.17, 15) is 14.0 Å². The first-order chi connectivity index (χ1) is 9.95. The molecule has 0 aromatic heterocycles. The Balaban J connectivity index is 2.21. The summed E-state index contributed by atoms with van der Waals surface area (Å²) in [7, 11) is 2.68. The largest absolute Gasteiger partial charge is 0.493 e. The second-order valence-corrected chi connectivity index (χ2v) is 4.93. The number of hydrogen-bond donors (Lipinski definition) is 2. The van der Waals surface area contributed by atoms with Crippen LogP contribution in [0.15, 0.2) is 12.1 Å². The van der Waals surface area contributed by atoms with Crippen molar-refractivity contribution in [3.05, 3.63) is 23.5 Å². The van der Waals surface area contributed by atoms with Crippen molar-refractivity contribution in [1.29, 1.82) is 0 Å². The summed E-state index contributed by atoms with van der Waals surface area (Å²) >= 11 is 0. The number of ether oxygens (including phenoxy) is 2. The number of rotatable bonds is 6. The molecule has 1 aromatic rings. The molecule has 1 saturated carbocycles. The third-order valence-electron chi connectivity index (χ3n) is 3.62. The summed E-state index contributed by atoms with van der Waals surface area (Å²) in [6.45, 7) is -0.0407. The van der Waals surface area contributed by atoms with Crippen LogP contribution in [-0.2, 0) is 4.79 Å². The quantitative estimate of drug-likeness (QED) is 0.830. The number of aliphatic carboxylic acids is 1. The monoisotopic (exact) mass is 297 g/mol. The van der Waals surface area contributed by atoms with Crippen molar-refractivity contribution in [1.82, 2.24) is 5.32 Å². The number of carboxylic acids is 1. The van der Waals surface area contributed by atoms with Crippen LogP contribution in [0.4, 0.5) is 4.39 Å². The molecule has 0 aliphatic heterocycles. The van der Waals surface area contributed by atoms with E-state index >= 15 is 0 Å². The third-order valence-corrected chi connectivity index (χ3v) is 3.62. The molecule has 0 spiro atoms. The minimum absolute atomic E-state index is 0.0184. The fraction of sp³-hybridized carbons (Fsp3) is 0.429. The minimum atomic E-state index is -0.958. The van der Waals surface area contributed by atoms with Gasteiger partial charge in [-0.05, 0) is 25.0 Å². The van der Waals surface area contributed by atoms with E-state index in [-0.39, 0.29) is 23.6 Å². The SMILES string of the molecule is COc1ccc(F)c(C(=O)NCC2(C(=O)O)CC2)c1OC. The second kappa shape index (κ2) is 5.59. The summed E-state index contributed by atoms with van der Waals surface area (Å²) < 4.78 is 23.9. The Morgan fingerprint density at radius 3 is 2.48 bits per heavy atom. The fourth-order valence-electron chi connectivity index (χ4n) is 2.07. The normalized spacial score (nSPS) is 15.2. The Labute approximate surface area is 120 Å². The lowest BCUT2D eigenvalue weighted by Gasteiger charge is -2.15. The van der Waals surface area contributed by atoms with Crippen molar-refractivity contribution in [2.24, 2.45) is 5.41 Å². The van der Waals surface area contributed by atoms with Crippen LogP contribution in [0.3, 0.4) is 0 Å². The lowest BCUT2D eigenvalue weighted by molar-refractivity contribution is -0.143. The van der Waals surface area contributed by atoms with E-state index in [0.29, 0.717) is 12.8 Å². The number of benzene rings is 1. The van der Waals surface area contributed by atoms with E-state index in [4.69, 9.17) is 14.6 Å². The van der Waals surface area contributed by atoms with Crippen LogP contribution < -0.4 is 14.8 Å². The van der Waals surface area contributed by atoms with Crippen molar-refractivity contribution in [2.45, 2.75) is 12.8 Å². The standard InChI is InChI=1S/C14H16FNO5/c1-20-9-4-3-8(15)10(11(9)21-2)12(17)16-7-14(5-6-14)13(18)19/h3-4H,5-7H2,1-2H3,(H,16,17)(H,18,19). The van der Waals surface area contributed by atoms with Gasteiger partial charge < -0.3 is 19.9 Å². The smallest absolute Gasteiger partial charge is 0.311 e. The van der Waals surface area contributed by atoms with E-state index < -0.39 is 23.1 Å². The number of carbonyl (C=O) groups is 2. The van der Waals surface area contributed by atoms with E-state index in [2.05, 4.69) is 5.32 Å². The summed E-state index contributed by atoms with van der Waals surface area (Å²) in [6.07, 6.45) is 1.00. The van der Waals surface area contributed by atoms with E-state index in [1.54, 1.807) is 0 Å². The summed E-state index contributed by atoms with van der Waals surface area (Å²) in [5, 5.41) is 11.5. The van der Waals surface area contributed by atoms with Crippen LogP contribution in [0.5, 0.6) is 11.5 Å². The molecular formula is C14H16FNO5. The third kappa shape index (κ3) is 2.76. The van der Waals surface area contributed by atoms with Crippen molar-refractivity contribution in [2.75, 3.05) is 20.8 Å². The van der Waals surface area contributed by atoms with Gasteiger partial charge in [-0.3, -0.25) is 9.59 Å². The van der Waals surface area contributed by atoms with Crippen LogP contribution >= 0.6 is 0 Å². The van der Waals surface area contributed by atoms with Gasteiger partial charge in [0.25, 0.3) is 5.91 Å². The second-order valence-electron chi connectivity index (χ2n) is 4.93. The lowest BCUT2D eigenvalue weighted by atomic mass is 10.1. The first kappa shape index (κ1) is 15.1. The highest BCUT2D eigenvalue weighted by atomic mass is 19.1. The Morgan fingerprint density at radius 1 is 1.33 bits per heavy atom. The molecule has 21 heavy (non-hydrogen) atoms. The Hall–Kier alpha value is -2.31. The fourth-order valence-corrected chi connectivity index (χ4v) is 2.07. The average Bonchev–Trinajstić information content (AvgIpc) is 3.25. The van der Waals surface area contributed by atoms with Gasteiger partial charge in [-0.2, -0.15) is 0 Å². The van der Waals surface area contributed by atoms with Crippen molar-refractivity contribution >= 4 is 11.9 Å². The summed E-state index contributed by atoms with van der Waals surface area (Å²) in [5.74, 6) is -2.24. The molecule has 0 radical (unpaired) electrons. The summed E-state index contributed by atoms with van der Waals surface area (Å²) in [6, 6.07) is 2.45. The Bertz CT molecular complexity index is 583. The molecule has 1 aliphatic rings.